The Labute approximate surface area is 162 Å². The summed E-state index contributed by atoms with van der Waals surface area (Å²) in [5.74, 6) is 0.380. The summed E-state index contributed by atoms with van der Waals surface area (Å²) in [6.07, 6.45) is 11.5. The van der Waals surface area contributed by atoms with E-state index in [1.165, 1.54) is 19.3 Å². The van der Waals surface area contributed by atoms with E-state index in [4.69, 9.17) is 11.0 Å². The molecule has 1 amide bonds. The van der Waals surface area contributed by atoms with Crippen molar-refractivity contribution in [2.24, 2.45) is 11.7 Å². The van der Waals surface area contributed by atoms with Gasteiger partial charge in [-0.2, -0.15) is 5.26 Å². The molecule has 27 heavy (non-hydrogen) atoms. The van der Waals surface area contributed by atoms with E-state index in [-0.39, 0.29) is 5.91 Å². The van der Waals surface area contributed by atoms with Crippen molar-refractivity contribution in [3.63, 3.8) is 0 Å². The zero-order valence-corrected chi connectivity index (χ0v) is 16.1. The highest BCUT2D eigenvalue weighted by molar-refractivity contribution is 5.94. The molecule has 1 atom stereocenters. The standard InChI is InChI=1S/C21H31N5O/c22-14-17-4-6-18(7-5-17)15-26-12-8-20(23)19(16-26)21(27)24-9-13-25-10-2-1-3-11-25/h4-6,18H,1-3,7-13,15-16,23H2,(H,24,27). The molecule has 1 saturated heterocycles. The van der Waals surface area contributed by atoms with Crippen LogP contribution >= 0.6 is 0 Å². The Morgan fingerprint density at radius 1 is 1.26 bits per heavy atom. The molecule has 3 rings (SSSR count). The summed E-state index contributed by atoms with van der Waals surface area (Å²) in [6.45, 7) is 6.28. The number of carbonyl (C=O) groups is 1. The minimum Gasteiger partial charge on any atom is -0.402 e. The zero-order chi connectivity index (χ0) is 19.1. The van der Waals surface area contributed by atoms with E-state index < -0.39 is 0 Å². The quantitative estimate of drug-likeness (QED) is 0.742. The number of nitriles is 1. The molecule has 1 aliphatic carbocycles. The second-order valence-electron chi connectivity index (χ2n) is 7.77. The van der Waals surface area contributed by atoms with Gasteiger partial charge in [0.25, 0.3) is 0 Å². The zero-order valence-electron chi connectivity index (χ0n) is 16.1. The molecule has 6 heteroatoms. The molecule has 3 aliphatic rings. The topological polar surface area (TPSA) is 85.4 Å². The molecule has 0 aromatic heterocycles. The number of rotatable bonds is 6. The summed E-state index contributed by atoms with van der Waals surface area (Å²) >= 11 is 0. The van der Waals surface area contributed by atoms with Gasteiger partial charge >= 0.3 is 0 Å². The maximum atomic E-state index is 12.6. The Balaban J connectivity index is 1.45. The van der Waals surface area contributed by atoms with E-state index >= 15 is 0 Å². The van der Waals surface area contributed by atoms with Gasteiger partial charge in [-0.3, -0.25) is 9.69 Å². The van der Waals surface area contributed by atoms with E-state index in [0.717, 1.165) is 62.4 Å². The third-order valence-electron chi connectivity index (χ3n) is 5.71. The van der Waals surface area contributed by atoms with E-state index in [1.807, 2.05) is 12.2 Å². The average molecular weight is 370 g/mol. The van der Waals surface area contributed by atoms with E-state index in [2.05, 4.69) is 27.3 Å². The first kappa shape index (κ1) is 19.7. The van der Waals surface area contributed by atoms with Crippen molar-refractivity contribution in [1.82, 2.24) is 15.1 Å². The fourth-order valence-electron chi connectivity index (χ4n) is 4.04. The Morgan fingerprint density at radius 3 is 2.78 bits per heavy atom. The Kier molecular flexibility index (Phi) is 7.08. The molecule has 0 aromatic carbocycles. The lowest BCUT2D eigenvalue weighted by Crippen LogP contribution is -2.43. The van der Waals surface area contributed by atoms with Crippen molar-refractivity contribution in [3.05, 3.63) is 35.1 Å². The maximum Gasteiger partial charge on any atom is 0.250 e. The van der Waals surface area contributed by atoms with Crippen molar-refractivity contribution < 1.29 is 4.79 Å². The van der Waals surface area contributed by atoms with Gasteiger partial charge in [0.2, 0.25) is 5.91 Å². The number of nitrogens with zero attached hydrogens (tertiary/aromatic N) is 3. The maximum absolute atomic E-state index is 12.6. The Hall–Kier alpha value is -2.10. The summed E-state index contributed by atoms with van der Waals surface area (Å²) in [7, 11) is 0. The molecule has 6 nitrogen and oxygen atoms in total. The van der Waals surface area contributed by atoms with Crippen molar-refractivity contribution in [3.8, 4) is 6.07 Å². The van der Waals surface area contributed by atoms with E-state index in [1.54, 1.807) is 0 Å². The van der Waals surface area contributed by atoms with E-state index in [0.29, 0.717) is 19.0 Å². The third-order valence-corrected chi connectivity index (χ3v) is 5.71. The van der Waals surface area contributed by atoms with Crippen LogP contribution in [0.4, 0.5) is 0 Å². The summed E-state index contributed by atoms with van der Waals surface area (Å²) < 4.78 is 0. The Morgan fingerprint density at radius 2 is 2.07 bits per heavy atom. The van der Waals surface area contributed by atoms with Crippen LogP contribution in [-0.2, 0) is 4.79 Å². The van der Waals surface area contributed by atoms with Gasteiger partial charge in [0.05, 0.1) is 6.07 Å². The number of nitrogens with two attached hydrogens (primary N) is 1. The highest BCUT2D eigenvalue weighted by atomic mass is 16.1. The number of hydrogen-bond acceptors (Lipinski definition) is 5. The van der Waals surface area contributed by atoms with Crippen LogP contribution < -0.4 is 11.1 Å². The summed E-state index contributed by atoms with van der Waals surface area (Å²) in [6, 6.07) is 2.18. The molecule has 3 N–H and O–H groups in total. The van der Waals surface area contributed by atoms with Crippen LogP contribution in [0.2, 0.25) is 0 Å². The number of amides is 1. The van der Waals surface area contributed by atoms with Crippen LogP contribution in [0.3, 0.4) is 0 Å². The van der Waals surface area contributed by atoms with Crippen LogP contribution in [0.15, 0.2) is 35.1 Å². The minimum atomic E-state index is -0.0138. The van der Waals surface area contributed by atoms with Crippen molar-refractivity contribution in [1.29, 1.82) is 5.26 Å². The molecule has 0 radical (unpaired) electrons. The van der Waals surface area contributed by atoms with Crippen LogP contribution in [0.25, 0.3) is 0 Å². The lowest BCUT2D eigenvalue weighted by atomic mass is 9.95. The molecule has 1 unspecified atom stereocenters. The second-order valence-corrected chi connectivity index (χ2v) is 7.77. The predicted octanol–water partition coefficient (Wildman–Crippen LogP) is 1.53. The first-order valence-electron chi connectivity index (χ1n) is 10.1. The minimum absolute atomic E-state index is 0.0138. The highest BCUT2D eigenvalue weighted by Crippen LogP contribution is 2.21. The van der Waals surface area contributed by atoms with E-state index in [9.17, 15) is 4.79 Å². The number of hydrogen-bond donors (Lipinski definition) is 2. The van der Waals surface area contributed by atoms with Gasteiger partial charge in [-0.05, 0) is 44.3 Å². The summed E-state index contributed by atoms with van der Waals surface area (Å²) in [5.41, 5.74) is 8.35. The van der Waals surface area contributed by atoms with Gasteiger partial charge in [-0.15, -0.1) is 0 Å². The Bertz CT molecular complexity index is 667. The molecular weight excluding hydrogens is 338 g/mol. The fourth-order valence-corrected chi connectivity index (χ4v) is 4.04. The highest BCUT2D eigenvalue weighted by Gasteiger charge is 2.24. The smallest absolute Gasteiger partial charge is 0.250 e. The van der Waals surface area contributed by atoms with Crippen molar-refractivity contribution in [2.45, 2.75) is 32.1 Å². The van der Waals surface area contributed by atoms with Crippen LogP contribution in [-0.4, -0.2) is 61.5 Å². The van der Waals surface area contributed by atoms with Gasteiger partial charge in [0, 0.05) is 56.0 Å². The van der Waals surface area contributed by atoms with Gasteiger partial charge in [0.15, 0.2) is 0 Å². The SMILES string of the molecule is N#CC1=CCC(CN2CCC(N)=C(C(=O)NCCN3CCCCC3)C2)C=C1. The van der Waals surface area contributed by atoms with Crippen LogP contribution in [0.1, 0.15) is 32.1 Å². The normalized spacial score (nSPS) is 24.4. The molecule has 0 saturated carbocycles. The predicted molar refractivity (Wildman–Crippen MR) is 107 cm³/mol. The molecular formula is C21H31N5O. The van der Waals surface area contributed by atoms with Gasteiger partial charge in [0.1, 0.15) is 0 Å². The first-order chi connectivity index (χ1) is 13.2. The summed E-state index contributed by atoms with van der Waals surface area (Å²) in [4.78, 5) is 17.3. The van der Waals surface area contributed by atoms with Crippen LogP contribution in [0.5, 0.6) is 0 Å². The van der Waals surface area contributed by atoms with Gasteiger partial charge in [-0.25, -0.2) is 0 Å². The molecule has 0 aromatic rings. The lowest BCUT2D eigenvalue weighted by Gasteiger charge is -2.31. The molecule has 1 fully saturated rings. The molecule has 2 aliphatic heterocycles. The van der Waals surface area contributed by atoms with Gasteiger partial charge in [-0.1, -0.05) is 18.6 Å². The fraction of sp³-hybridized carbons (Fsp3) is 0.619. The lowest BCUT2D eigenvalue weighted by molar-refractivity contribution is -0.118. The third kappa shape index (κ3) is 5.69. The second kappa shape index (κ2) is 9.72. The van der Waals surface area contributed by atoms with Gasteiger partial charge < -0.3 is 16.0 Å². The number of nitrogens with one attached hydrogen (secondary N) is 1. The molecule has 146 valence electrons. The number of likely N-dealkylation sites (tertiary alicyclic amines) is 1. The van der Waals surface area contributed by atoms with Crippen molar-refractivity contribution >= 4 is 5.91 Å². The number of carbonyl (C=O) groups excluding carboxylic acids is 1. The summed E-state index contributed by atoms with van der Waals surface area (Å²) in [5, 5.41) is 12.0. The first-order valence-corrected chi connectivity index (χ1v) is 10.1. The molecule has 0 bridgehead atoms. The van der Waals surface area contributed by atoms with Crippen molar-refractivity contribution in [2.75, 3.05) is 45.8 Å². The number of piperidine rings is 1. The largest absolute Gasteiger partial charge is 0.402 e. The molecule has 0 spiro atoms. The molecule has 2 heterocycles. The monoisotopic (exact) mass is 369 g/mol. The van der Waals surface area contributed by atoms with Crippen LogP contribution in [0, 0.1) is 17.2 Å². The average Bonchev–Trinajstić information content (AvgIpc) is 2.70. The number of allylic oxidation sites excluding steroid dienone is 3.